The third-order valence-corrected chi connectivity index (χ3v) is 2.50. The van der Waals surface area contributed by atoms with Gasteiger partial charge in [0, 0.05) is 5.56 Å². The summed E-state index contributed by atoms with van der Waals surface area (Å²) in [4.78, 5) is 10.9. The van der Waals surface area contributed by atoms with Crippen molar-refractivity contribution in [1.82, 2.24) is 0 Å². The molecule has 0 saturated carbocycles. The number of hydrogen-bond acceptors (Lipinski definition) is 3. The molecule has 0 aliphatic heterocycles. The lowest BCUT2D eigenvalue weighted by Gasteiger charge is -2.18. The van der Waals surface area contributed by atoms with E-state index in [0.29, 0.717) is 11.3 Å². The number of nitrogens with two attached hydrogens (primary N) is 1. The molecule has 0 fully saturated rings. The van der Waals surface area contributed by atoms with Crippen molar-refractivity contribution in [3.63, 3.8) is 0 Å². The van der Waals surface area contributed by atoms with Crippen molar-refractivity contribution < 1.29 is 14.6 Å². The molecule has 1 aromatic rings. The summed E-state index contributed by atoms with van der Waals surface area (Å²) in [6.07, 6.45) is 0. The highest BCUT2D eigenvalue weighted by atomic mass is 16.5. The normalized spacial score (nSPS) is 12.6. The van der Waals surface area contributed by atoms with E-state index < -0.39 is 12.0 Å². The van der Waals surface area contributed by atoms with E-state index in [2.05, 4.69) is 0 Å². The van der Waals surface area contributed by atoms with Gasteiger partial charge < -0.3 is 15.6 Å². The van der Waals surface area contributed by atoms with Crippen LogP contribution in [0.1, 0.15) is 36.9 Å². The van der Waals surface area contributed by atoms with Crippen molar-refractivity contribution in [2.24, 2.45) is 5.73 Å². The molecule has 88 valence electrons. The van der Waals surface area contributed by atoms with E-state index in [1.807, 2.05) is 19.9 Å². The number of benzene rings is 1. The van der Waals surface area contributed by atoms with Gasteiger partial charge in [-0.3, -0.25) is 4.79 Å². The first-order valence-electron chi connectivity index (χ1n) is 5.14. The molecule has 0 bridgehead atoms. The zero-order chi connectivity index (χ0) is 12.3. The summed E-state index contributed by atoms with van der Waals surface area (Å²) in [5.74, 6) is -0.184. The van der Waals surface area contributed by atoms with Crippen molar-refractivity contribution in [3.8, 4) is 5.75 Å². The van der Waals surface area contributed by atoms with Gasteiger partial charge in [-0.1, -0.05) is 26.0 Å². The molecule has 0 aliphatic carbocycles. The van der Waals surface area contributed by atoms with Gasteiger partial charge in [-0.25, -0.2) is 0 Å². The molecular weight excluding hydrogens is 206 g/mol. The molecule has 3 N–H and O–H groups in total. The van der Waals surface area contributed by atoms with E-state index in [1.165, 1.54) is 0 Å². The lowest BCUT2D eigenvalue weighted by Crippen LogP contribution is -2.22. The van der Waals surface area contributed by atoms with Gasteiger partial charge in [0.15, 0.2) is 0 Å². The molecule has 0 saturated heterocycles. The highest BCUT2D eigenvalue weighted by molar-refractivity contribution is 5.76. The number of rotatable bonds is 4. The summed E-state index contributed by atoms with van der Waals surface area (Å²) >= 11 is 0. The Hall–Kier alpha value is -1.55. The summed E-state index contributed by atoms with van der Waals surface area (Å²) in [6, 6.07) is 4.29. The number of carbonyl (C=O) groups is 1. The van der Waals surface area contributed by atoms with Crippen molar-refractivity contribution >= 4 is 5.97 Å². The Morgan fingerprint density at radius 2 is 2.06 bits per heavy atom. The SMILES string of the molecule is COc1cccc(C(N)C(=O)O)c1C(C)C. The number of carboxylic acid groups (broad SMARTS) is 1. The third kappa shape index (κ3) is 2.33. The van der Waals surface area contributed by atoms with E-state index in [0.717, 1.165) is 5.56 Å². The number of ether oxygens (including phenoxy) is 1. The lowest BCUT2D eigenvalue weighted by molar-refractivity contribution is -0.138. The van der Waals surface area contributed by atoms with Crippen molar-refractivity contribution in [3.05, 3.63) is 29.3 Å². The number of hydrogen-bond donors (Lipinski definition) is 2. The fourth-order valence-electron chi connectivity index (χ4n) is 1.76. The number of methoxy groups -OCH3 is 1. The molecule has 0 aliphatic rings. The summed E-state index contributed by atoms with van der Waals surface area (Å²) in [6.45, 7) is 3.96. The van der Waals surface area contributed by atoms with Crippen molar-refractivity contribution in [1.29, 1.82) is 0 Å². The highest BCUT2D eigenvalue weighted by Crippen LogP contribution is 2.32. The Kier molecular flexibility index (Phi) is 3.90. The Morgan fingerprint density at radius 3 is 2.50 bits per heavy atom. The molecule has 1 atom stereocenters. The highest BCUT2D eigenvalue weighted by Gasteiger charge is 2.21. The first kappa shape index (κ1) is 12.5. The summed E-state index contributed by atoms with van der Waals surface area (Å²) in [7, 11) is 1.57. The zero-order valence-corrected chi connectivity index (χ0v) is 9.73. The van der Waals surface area contributed by atoms with Crippen LogP contribution in [0.3, 0.4) is 0 Å². The first-order chi connectivity index (χ1) is 7.49. The van der Waals surface area contributed by atoms with Gasteiger partial charge in [-0.2, -0.15) is 0 Å². The van der Waals surface area contributed by atoms with Crippen LogP contribution >= 0.6 is 0 Å². The van der Waals surface area contributed by atoms with E-state index in [4.69, 9.17) is 15.6 Å². The fraction of sp³-hybridized carbons (Fsp3) is 0.417. The Labute approximate surface area is 95.0 Å². The van der Waals surface area contributed by atoms with Gasteiger partial charge >= 0.3 is 5.97 Å². The summed E-state index contributed by atoms with van der Waals surface area (Å²) in [5.41, 5.74) is 7.12. The van der Waals surface area contributed by atoms with Crippen LogP contribution in [0.25, 0.3) is 0 Å². The van der Waals surface area contributed by atoms with Crippen LogP contribution in [0.5, 0.6) is 5.75 Å². The molecule has 16 heavy (non-hydrogen) atoms. The molecule has 1 rings (SSSR count). The smallest absolute Gasteiger partial charge is 0.325 e. The Bertz CT molecular complexity index is 388. The van der Waals surface area contributed by atoms with Crippen LogP contribution in [0, 0.1) is 0 Å². The van der Waals surface area contributed by atoms with Crippen LogP contribution in [0.2, 0.25) is 0 Å². The molecule has 0 radical (unpaired) electrons. The molecule has 0 amide bonds. The zero-order valence-electron chi connectivity index (χ0n) is 9.73. The minimum atomic E-state index is -1.03. The first-order valence-corrected chi connectivity index (χ1v) is 5.14. The maximum absolute atomic E-state index is 10.9. The second kappa shape index (κ2) is 4.99. The fourth-order valence-corrected chi connectivity index (χ4v) is 1.76. The van der Waals surface area contributed by atoms with E-state index in [-0.39, 0.29) is 5.92 Å². The number of carboxylic acids is 1. The number of aliphatic carboxylic acids is 1. The standard InChI is InChI=1S/C12H17NO3/c1-7(2)10-8(11(13)12(14)15)5-4-6-9(10)16-3/h4-7,11H,13H2,1-3H3,(H,14,15). The van der Waals surface area contributed by atoms with Crippen LogP contribution in [0.4, 0.5) is 0 Å². The average Bonchev–Trinajstić information content (AvgIpc) is 2.26. The predicted octanol–water partition coefficient (Wildman–Crippen LogP) is 1.90. The molecule has 4 nitrogen and oxygen atoms in total. The van der Waals surface area contributed by atoms with Gasteiger partial charge in [-0.15, -0.1) is 0 Å². The van der Waals surface area contributed by atoms with Crippen molar-refractivity contribution in [2.75, 3.05) is 7.11 Å². The minimum absolute atomic E-state index is 0.163. The molecule has 1 aromatic carbocycles. The van der Waals surface area contributed by atoms with Gasteiger partial charge in [0.05, 0.1) is 7.11 Å². The quantitative estimate of drug-likeness (QED) is 0.817. The van der Waals surface area contributed by atoms with Gasteiger partial charge in [0.25, 0.3) is 0 Å². The molecule has 0 spiro atoms. The maximum Gasteiger partial charge on any atom is 0.325 e. The van der Waals surface area contributed by atoms with Crippen LogP contribution < -0.4 is 10.5 Å². The largest absolute Gasteiger partial charge is 0.496 e. The van der Waals surface area contributed by atoms with E-state index in [1.54, 1.807) is 19.2 Å². The molecule has 0 aromatic heterocycles. The molecule has 1 unspecified atom stereocenters. The molecular formula is C12H17NO3. The topological polar surface area (TPSA) is 72.5 Å². The Balaban J connectivity index is 3.32. The van der Waals surface area contributed by atoms with Crippen LogP contribution in [-0.2, 0) is 4.79 Å². The second-order valence-corrected chi connectivity index (χ2v) is 3.93. The maximum atomic E-state index is 10.9. The molecule has 0 heterocycles. The predicted molar refractivity (Wildman–Crippen MR) is 61.6 cm³/mol. The third-order valence-electron chi connectivity index (χ3n) is 2.50. The second-order valence-electron chi connectivity index (χ2n) is 3.93. The average molecular weight is 223 g/mol. The lowest BCUT2D eigenvalue weighted by atomic mass is 9.92. The monoisotopic (exact) mass is 223 g/mol. The summed E-state index contributed by atoms with van der Waals surface area (Å²) < 4.78 is 5.23. The molecule has 4 heteroatoms. The van der Waals surface area contributed by atoms with Crippen LogP contribution in [0.15, 0.2) is 18.2 Å². The summed E-state index contributed by atoms with van der Waals surface area (Å²) in [5, 5.41) is 8.94. The minimum Gasteiger partial charge on any atom is -0.496 e. The van der Waals surface area contributed by atoms with Crippen LogP contribution in [-0.4, -0.2) is 18.2 Å². The van der Waals surface area contributed by atoms with E-state index in [9.17, 15) is 4.79 Å². The van der Waals surface area contributed by atoms with Crippen molar-refractivity contribution in [2.45, 2.75) is 25.8 Å². The van der Waals surface area contributed by atoms with E-state index >= 15 is 0 Å². The van der Waals surface area contributed by atoms with Gasteiger partial charge in [-0.05, 0) is 17.5 Å². The Morgan fingerprint density at radius 1 is 1.44 bits per heavy atom. The van der Waals surface area contributed by atoms with Gasteiger partial charge in [0.1, 0.15) is 11.8 Å². The van der Waals surface area contributed by atoms with Gasteiger partial charge in [0.2, 0.25) is 0 Å².